The van der Waals surface area contributed by atoms with Gasteiger partial charge < -0.3 is 10.6 Å². The Morgan fingerprint density at radius 1 is 0.970 bits per heavy atom. The van der Waals surface area contributed by atoms with Crippen molar-refractivity contribution in [2.45, 2.75) is 32.0 Å². The molecule has 0 bridgehead atoms. The highest BCUT2D eigenvalue weighted by Crippen LogP contribution is 2.28. The molecule has 1 aliphatic heterocycles. The van der Waals surface area contributed by atoms with Gasteiger partial charge in [-0.05, 0) is 67.9 Å². The SMILES string of the molecule is O=C(Nc1cccc(Nc2nccc(C(F)(F)F)n2)c1)c1ccc(CN2CCCCC2)cc1. The predicted molar refractivity (Wildman–Crippen MR) is 120 cm³/mol. The van der Waals surface area contributed by atoms with E-state index in [1.54, 1.807) is 36.4 Å². The number of amides is 1. The second kappa shape index (κ2) is 9.99. The van der Waals surface area contributed by atoms with Gasteiger partial charge in [-0.1, -0.05) is 24.6 Å². The zero-order chi connectivity index (χ0) is 23.3. The number of hydrogen-bond acceptors (Lipinski definition) is 5. The van der Waals surface area contributed by atoms with Gasteiger partial charge in [-0.3, -0.25) is 9.69 Å². The van der Waals surface area contributed by atoms with Crippen molar-refractivity contribution in [3.8, 4) is 0 Å². The molecule has 1 aliphatic rings. The Balaban J connectivity index is 1.38. The Hall–Kier alpha value is -3.46. The number of alkyl halides is 3. The highest BCUT2D eigenvalue weighted by atomic mass is 19.4. The summed E-state index contributed by atoms with van der Waals surface area (Å²) < 4.78 is 38.5. The van der Waals surface area contributed by atoms with Crippen LogP contribution in [0.4, 0.5) is 30.5 Å². The van der Waals surface area contributed by atoms with E-state index in [-0.39, 0.29) is 11.9 Å². The van der Waals surface area contributed by atoms with Gasteiger partial charge in [-0.15, -0.1) is 0 Å². The van der Waals surface area contributed by atoms with Gasteiger partial charge in [0.2, 0.25) is 5.95 Å². The number of carbonyl (C=O) groups excluding carboxylic acids is 1. The minimum Gasteiger partial charge on any atom is -0.324 e. The Morgan fingerprint density at radius 2 is 1.70 bits per heavy atom. The van der Waals surface area contributed by atoms with E-state index in [0.29, 0.717) is 16.9 Å². The van der Waals surface area contributed by atoms with Gasteiger partial charge in [0.05, 0.1) is 0 Å². The first-order chi connectivity index (χ1) is 15.9. The molecule has 4 rings (SSSR count). The van der Waals surface area contributed by atoms with Gasteiger partial charge in [-0.2, -0.15) is 13.2 Å². The molecule has 0 aliphatic carbocycles. The van der Waals surface area contributed by atoms with E-state index in [2.05, 4.69) is 25.5 Å². The van der Waals surface area contributed by atoms with Gasteiger partial charge in [0.15, 0.2) is 0 Å². The Labute approximate surface area is 189 Å². The lowest BCUT2D eigenvalue weighted by Crippen LogP contribution is -2.29. The van der Waals surface area contributed by atoms with Crippen molar-refractivity contribution in [1.29, 1.82) is 0 Å². The maximum atomic E-state index is 12.8. The lowest BCUT2D eigenvalue weighted by molar-refractivity contribution is -0.141. The molecule has 1 aromatic heterocycles. The van der Waals surface area contributed by atoms with Gasteiger partial charge in [0, 0.05) is 29.7 Å². The number of benzene rings is 2. The molecular formula is C24H24F3N5O. The lowest BCUT2D eigenvalue weighted by atomic mass is 10.1. The molecular weight excluding hydrogens is 431 g/mol. The zero-order valence-electron chi connectivity index (χ0n) is 17.9. The van der Waals surface area contributed by atoms with Crippen LogP contribution in [0.5, 0.6) is 0 Å². The van der Waals surface area contributed by atoms with E-state index >= 15 is 0 Å². The molecule has 9 heteroatoms. The molecule has 6 nitrogen and oxygen atoms in total. The fourth-order valence-corrected chi connectivity index (χ4v) is 3.72. The van der Waals surface area contributed by atoms with E-state index in [1.807, 2.05) is 12.1 Å². The Morgan fingerprint density at radius 3 is 2.42 bits per heavy atom. The summed E-state index contributed by atoms with van der Waals surface area (Å²) in [6, 6.07) is 15.0. The summed E-state index contributed by atoms with van der Waals surface area (Å²) in [5.74, 6) is -0.454. The topological polar surface area (TPSA) is 70.1 Å². The normalized spacial score (nSPS) is 14.6. The van der Waals surface area contributed by atoms with Gasteiger partial charge in [-0.25, -0.2) is 9.97 Å². The number of aromatic nitrogens is 2. The number of anilines is 3. The van der Waals surface area contributed by atoms with Crippen LogP contribution in [0, 0.1) is 0 Å². The second-order valence-corrected chi connectivity index (χ2v) is 7.96. The molecule has 2 N–H and O–H groups in total. The van der Waals surface area contributed by atoms with Crippen LogP contribution in [-0.4, -0.2) is 33.9 Å². The number of rotatable bonds is 6. The molecule has 1 fully saturated rings. The van der Waals surface area contributed by atoms with E-state index in [4.69, 9.17) is 0 Å². The Bertz CT molecular complexity index is 1100. The maximum Gasteiger partial charge on any atom is 0.433 e. The number of nitrogens with zero attached hydrogens (tertiary/aromatic N) is 3. The molecule has 3 aromatic rings. The third-order valence-electron chi connectivity index (χ3n) is 5.39. The third kappa shape index (κ3) is 6.29. The maximum absolute atomic E-state index is 12.8. The molecule has 172 valence electrons. The molecule has 1 saturated heterocycles. The second-order valence-electron chi connectivity index (χ2n) is 7.96. The van der Waals surface area contributed by atoms with E-state index in [9.17, 15) is 18.0 Å². The van der Waals surface area contributed by atoms with Crippen molar-refractivity contribution >= 4 is 23.2 Å². The molecule has 2 heterocycles. The molecule has 0 unspecified atom stereocenters. The molecule has 1 amide bonds. The molecule has 0 radical (unpaired) electrons. The largest absolute Gasteiger partial charge is 0.433 e. The van der Waals surface area contributed by atoms with E-state index in [0.717, 1.165) is 31.9 Å². The van der Waals surface area contributed by atoms with Crippen LogP contribution in [-0.2, 0) is 12.7 Å². The van der Waals surface area contributed by atoms with Crippen LogP contribution >= 0.6 is 0 Å². The monoisotopic (exact) mass is 455 g/mol. The number of piperidine rings is 1. The van der Waals surface area contributed by atoms with Crippen molar-refractivity contribution < 1.29 is 18.0 Å². The fraction of sp³-hybridized carbons (Fsp3) is 0.292. The quantitative estimate of drug-likeness (QED) is 0.515. The first-order valence-electron chi connectivity index (χ1n) is 10.8. The number of hydrogen-bond donors (Lipinski definition) is 2. The molecule has 0 atom stereocenters. The molecule has 33 heavy (non-hydrogen) atoms. The summed E-state index contributed by atoms with van der Waals surface area (Å²) in [5.41, 5.74) is 1.60. The summed E-state index contributed by atoms with van der Waals surface area (Å²) in [6.07, 6.45) is 0.235. The van der Waals surface area contributed by atoms with Crippen LogP contribution in [0.2, 0.25) is 0 Å². The Kier molecular flexibility index (Phi) is 6.88. The summed E-state index contributed by atoms with van der Waals surface area (Å²) in [7, 11) is 0. The average Bonchev–Trinajstić information content (AvgIpc) is 2.80. The summed E-state index contributed by atoms with van der Waals surface area (Å²) in [4.78, 5) is 22.4. The van der Waals surface area contributed by atoms with Gasteiger partial charge >= 0.3 is 6.18 Å². The fourth-order valence-electron chi connectivity index (χ4n) is 3.72. The third-order valence-corrected chi connectivity index (χ3v) is 5.39. The minimum atomic E-state index is -4.56. The van der Waals surface area contributed by atoms with Crippen LogP contribution < -0.4 is 10.6 Å². The van der Waals surface area contributed by atoms with Crippen molar-refractivity contribution in [3.05, 3.63) is 77.6 Å². The average molecular weight is 455 g/mol. The highest BCUT2D eigenvalue weighted by molar-refractivity contribution is 6.04. The molecule has 0 saturated carbocycles. The van der Waals surface area contributed by atoms with Crippen molar-refractivity contribution in [1.82, 2.24) is 14.9 Å². The first kappa shape index (κ1) is 22.7. The number of likely N-dealkylation sites (tertiary alicyclic amines) is 1. The minimum absolute atomic E-state index is 0.183. The van der Waals surface area contributed by atoms with Crippen molar-refractivity contribution in [2.75, 3.05) is 23.7 Å². The van der Waals surface area contributed by atoms with Crippen LogP contribution in [0.3, 0.4) is 0 Å². The van der Waals surface area contributed by atoms with Gasteiger partial charge in [0.25, 0.3) is 5.91 Å². The molecule has 0 spiro atoms. The summed E-state index contributed by atoms with van der Waals surface area (Å²) in [5, 5.41) is 5.55. The molecule has 2 aromatic carbocycles. The zero-order valence-corrected chi connectivity index (χ0v) is 17.9. The predicted octanol–water partition coefficient (Wildman–Crippen LogP) is 5.48. The number of halogens is 3. The number of nitrogens with one attached hydrogen (secondary N) is 2. The van der Waals surface area contributed by atoms with Gasteiger partial charge in [0.1, 0.15) is 5.69 Å². The number of carbonyl (C=O) groups is 1. The van der Waals surface area contributed by atoms with Crippen LogP contribution in [0.1, 0.15) is 40.9 Å². The first-order valence-corrected chi connectivity index (χ1v) is 10.8. The van der Waals surface area contributed by atoms with E-state index in [1.165, 1.54) is 24.8 Å². The van der Waals surface area contributed by atoms with E-state index < -0.39 is 11.9 Å². The summed E-state index contributed by atoms with van der Waals surface area (Å²) in [6.45, 7) is 3.10. The van der Waals surface area contributed by atoms with Crippen molar-refractivity contribution in [2.24, 2.45) is 0 Å². The van der Waals surface area contributed by atoms with Crippen LogP contribution in [0.15, 0.2) is 60.8 Å². The highest BCUT2D eigenvalue weighted by Gasteiger charge is 2.32. The van der Waals surface area contributed by atoms with Crippen molar-refractivity contribution in [3.63, 3.8) is 0 Å². The smallest absolute Gasteiger partial charge is 0.324 e. The van der Waals surface area contributed by atoms with Crippen LogP contribution in [0.25, 0.3) is 0 Å². The lowest BCUT2D eigenvalue weighted by Gasteiger charge is -2.26. The standard InChI is InChI=1S/C24H24F3N5O/c25-24(26,27)21-11-12-28-23(31-21)30-20-6-4-5-19(15-20)29-22(33)18-9-7-17(8-10-18)16-32-13-2-1-3-14-32/h4-12,15H,1-3,13-14,16H2,(H,29,33)(H,28,30,31). The summed E-state index contributed by atoms with van der Waals surface area (Å²) >= 11 is 0.